The minimum Gasteiger partial charge on any atom is -0.322 e. The number of allylic oxidation sites excluding steroid dienone is 2. The van der Waals surface area contributed by atoms with E-state index in [-0.39, 0.29) is 41.2 Å². The first-order chi connectivity index (χ1) is 15.4. The standard InChI is InChI=1S/C24H19N3O5/c28-22(25-13-4-6-14(7-5-13)27(31)32)12-2-1-3-15(10-12)26-23(29)20-16-8-9-17(19-11-18(16)19)21(20)24(26)30/h1-10,16-21H,11H2,(H,25,28)/t16-,17-,18-,19-,20+,21+/m1/s1. The van der Waals surface area contributed by atoms with Gasteiger partial charge in [0.2, 0.25) is 11.8 Å². The molecule has 6 atom stereocenters. The van der Waals surface area contributed by atoms with E-state index in [1.165, 1.54) is 29.2 Å². The van der Waals surface area contributed by atoms with Gasteiger partial charge in [0.1, 0.15) is 0 Å². The maximum absolute atomic E-state index is 13.3. The number of carbonyl (C=O) groups is 3. The first kappa shape index (κ1) is 18.9. The summed E-state index contributed by atoms with van der Waals surface area (Å²) in [5, 5.41) is 13.5. The highest BCUT2D eigenvalue weighted by molar-refractivity contribution is 6.23. The van der Waals surface area contributed by atoms with Gasteiger partial charge in [0.15, 0.2) is 0 Å². The van der Waals surface area contributed by atoms with Gasteiger partial charge < -0.3 is 5.32 Å². The molecule has 1 N–H and O–H groups in total. The molecule has 2 saturated carbocycles. The Morgan fingerprint density at radius 2 is 1.59 bits per heavy atom. The highest BCUT2D eigenvalue weighted by Gasteiger charge is 2.67. The third-order valence-electron chi connectivity index (χ3n) is 7.37. The number of rotatable bonds is 4. The minimum atomic E-state index is -0.512. The van der Waals surface area contributed by atoms with Crippen LogP contribution in [0.3, 0.4) is 0 Å². The van der Waals surface area contributed by atoms with Crippen molar-refractivity contribution in [3.63, 3.8) is 0 Å². The predicted octanol–water partition coefficient (Wildman–Crippen LogP) is 3.40. The van der Waals surface area contributed by atoms with Crippen LogP contribution in [0.25, 0.3) is 0 Å². The third-order valence-corrected chi connectivity index (χ3v) is 7.37. The first-order valence-corrected chi connectivity index (χ1v) is 10.7. The van der Waals surface area contributed by atoms with Crippen molar-refractivity contribution in [1.82, 2.24) is 0 Å². The van der Waals surface area contributed by atoms with Crippen molar-refractivity contribution in [2.45, 2.75) is 6.42 Å². The van der Waals surface area contributed by atoms with E-state index in [1.54, 1.807) is 24.3 Å². The number of nitro groups is 1. The number of benzene rings is 2. The van der Waals surface area contributed by atoms with Crippen LogP contribution < -0.4 is 10.2 Å². The summed E-state index contributed by atoms with van der Waals surface area (Å²) in [5.74, 6) is -0.00760. The molecule has 0 aromatic heterocycles. The van der Waals surface area contributed by atoms with E-state index in [4.69, 9.17) is 0 Å². The van der Waals surface area contributed by atoms with Crippen LogP contribution in [0.15, 0.2) is 60.7 Å². The van der Waals surface area contributed by atoms with Gasteiger partial charge in [-0.2, -0.15) is 0 Å². The van der Waals surface area contributed by atoms with Crippen molar-refractivity contribution in [2.75, 3.05) is 10.2 Å². The second-order valence-corrected chi connectivity index (χ2v) is 8.97. The van der Waals surface area contributed by atoms with Gasteiger partial charge in [-0.25, -0.2) is 4.90 Å². The van der Waals surface area contributed by atoms with E-state index in [0.29, 0.717) is 28.8 Å². The number of nitro benzene ring substituents is 1. The minimum absolute atomic E-state index is 0.0707. The fraction of sp³-hybridized carbons (Fsp3) is 0.292. The van der Waals surface area contributed by atoms with Crippen LogP contribution in [0, 0.1) is 45.6 Å². The summed E-state index contributed by atoms with van der Waals surface area (Å²) < 4.78 is 0. The van der Waals surface area contributed by atoms with Crippen LogP contribution in [-0.4, -0.2) is 22.6 Å². The molecule has 8 nitrogen and oxygen atoms in total. The molecule has 5 aliphatic rings. The summed E-state index contributed by atoms with van der Waals surface area (Å²) in [6, 6.07) is 12.0. The molecule has 3 amide bonds. The van der Waals surface area contributed by atoms with E-state index in [0.717, 1.165) is 6.42 Å². The maximum atomic E-state index is 13.3. The van der Waals surface area contributed by atoms with Crippen LogP contribution in [0.5, 0.6) is 0 Å². The molecule has 2 bridgehead atoms. The number of anilines is 2. The molecular formula is C24H19N3O5. The summed E-state index contributed by atoms with van der Waals surface area (Å²) in [6.45, 7) is 0. The largest absolute Gasteiger partial charge is 0.322 e. The summed E-state index contributed by atoms with van der Waals surface area (Å²) in [4.78, 5) is 50.8. The van der Waals surface area contributed by atoms with Crippen molar-refractivity contribution in [3.8, 4) is 0 Å². The number of amides is 3. The lowest BCUT2D eigenvalue weighted by molar-refractivity contribution is -0.384. The quantitative estimate of drug-likeness (QED) is 0.347. The number of hydrogen-bond acceptors (Lipinski definition) is 5. The summed E-state index contributed by atoms with van der Waals surface area (Å²) in [5.41, 5.74) is 1.03. The first-order valence-electron chi connectivity index (χ1n) is 10.7. The average molecular weight is 429 g/mol. The van der Waals surface area contributed by atoms with Crippen molar-refractivity contribution < 1.29 is 19.3 Å². The molecule has 0 radical (unpaired) electrons. The Balaban J connectivity index is 1.25. The highest BCUT2D eigenvalue weighted by atomic mass is 16.6. The van der Waals surface area contributed by atoms with Crippen LogP contribution in [0.2, 0.25) is 0 Å². The molecular weight excluding hydrogens is 410 g/mol. The predicted molar refractivity (Wildman–Crippen MR) is 115 cm³/mol. The highest BCUT2D eigenvalue weighted by Crippen LogP contribution is 2.65. The molecule has 3 fully saturated rings. The zero-order valence-corrected chi connectivity index (χ0v) is 16.9. The normalized spacial score (nSPS) is 31.3. The molecule has 0 spiro atoms. The summed E-state index contributed by atoms with van der Waals surface area (Å²) in [7, 11) is 0. The zero-order valence-electron chi connectivity index (χ0n) is 16.9. The second-order valence-electron chi connectivity index (χ2n) is 8.97. The SMILES string of the molecule is O=C(Nc1ccc([N+](=O)[O-])cc1)c1cccc(N2C(=O)[C@H]3[C@@H]4C=C[C@H]([C@H]5C[C@H]45)[C@@H]3C2=O)c1. The molecule has 4 aliphatic carbocycles. The lowest BCUT2D eigenvalue weighted by Gasteiger charge is -2.37. The van der Waals surface area contributed by atoms with Gasteiger partial charge in [0.05, 0.1) is 22.4 Å². The van der Waals surface area contributed by atoms with Gasteiger partial charge in [0.25, 0.3) is 11.6 Å². The number of imide groups is 1. The van der Waals surface area contributed by atoms with E-state index in [2.05, 4.69) is 17.5 Å². The number of non-ortho nitro benzene ring substituents is 1. The number of nitrogens with one attached hydrogen (secondary N) is 1. The Kier molecular flexibility index (Phi) is 3.90. The molecule has 0 unspecified atom stereocenters. The monoisotopic (exact) mass is 429 g/mol. The lowest BCUT2D eigenvalue weighted by atomic mass is 9.63. The van der Waals surface area contributed by atoms with E-state index in [9.17, 15) is 24.5 Å². The van der Waals surface area contributed by atoms with Crippen molar-refractivity contribution in [2.24, 2.45) is 35.5 Å². The molecule has 1 heterocycles. The Hall–Kier alpha value is -3.81. The van der Waals surface area contributed by atoms with Crippen LogP contribution in [0.4, 0.5) is 17.1 Å². The molecule has 7 rings (SSSR count). The fourth-order valence-corrected chi connectivity index (χ4v) is 5.87. The summed E-state index contributed by atoms with van der Waals surface area (Å²) >= 11 is 0. The van der Waals surface area contributed by atoms with Crippen LogP contribution in [-0.2, 0) is 9.59 Å². The van der Waals surface area contributed by atoms with Crippen molar-refractivity contribution >= 4 is 34.8 Å². The van der Waals surface area contributed by atoms with Gasteiger partial charge in [-0.3, -0.25) is 24.5 Å². The molecule has 1 saturated heterocycles. The van der Waals surface area contributed by atoms with Gasteiger partial charge in [0, 0.05) is 23.4 Å². The van der Waals surface area contributed by atoms with E-state index >= 15 is 0 Å². The second kappa shape index (κ2) is 6.59. The molecule has 2 aromatic rings. The van der Waals surface area contributed by atoms with Crippen LogP contribution >= 0.6 is 0 Å². The third kappa shape index (κ3) is 2.65. The van der Waals surface area contributed by atoms with E-state index in [1.807, 2.05) is 0 Å². The Bertz CT molecular complexity index is 1180. The average Bonchev–Trinajstić information content (AvgIpc) is 3.57. The number of carbonyl (C=O) groups excluding carboxylic acids is 3. The Morgan fingerprint density at radius 1 is 0.969 bits per heavy atom. The fourth-order valence-electron chi connectivity index (χ4n) is 5.87. The number of hydrogen-bond donors (Lipinski definition) is 1. The molecule has 8 heteroatoms. The van der Waals surface area contributed by atoms with Crippen molar-refractivity contribution in [3.05, 3.63) is 76.4 Å². The smallest absolute Gasteiger partial charge is 0.269 e. The maximum Gasteiger partial charge on any atom is 0.269 e. The topological polar surface area (TPSA) is 110 Å². The van der Waals surface area contributed by atoms with Crippen LogP contribution in [0.1, 0.15) is 16.8 Å². The van der Waals surface area contributed by atoms with Gasteiger partial charge in [-0.05, 0) is 60.4 Å². The van der Waals surface area contributed by atoms with E-state index < -0.39 is 10.8 Å². The Labute approximate surface area is 183 Å². The summed E-state index contributed by atoms with van der Waals surface area (Å²) in [6.07, 6.45) is 5.36. The zero-order chi connectivity index (χ0) is 22.1. The Morgan fingerprint density at radius 3 is 2.19 bits per heavy atom. The van der Waals surface area contributed by atoms with Crippen molar-refractivity contribution in [1.29, 1.82) is 0 Å². The molecule has 2 aromatic carbocycles. The molecule has 32 heavy (non-hydrogen) atoms. The molecule has 160 valence electrons. The van der Waals surface area contributed by atoms with Gasteiger partial charge >= 0.3 is 0 Å². The number of nitrogens with zero attached hydrogens (tertiary/aromatic N) is 2. The lowest BCUT2D eigenvalue weighted by Crippen LogP contribution is -2.40. The molecule has 1 aliphatic heterocycles. The van der Waals surface area contributed by atoms with Gasteiger partial charge in [-0.15, -0.1) is 0 Å². The van der Waals surface area contributed by atoms with Gasteiger partial charge in [-0.1, -0.05) is 18.2 Å².